The van der Waals surface area contributed by atoms with Crippen LogP contribution in [0.15, 0.2) is 12.1 Å². The number of nitrogen functional groups attached to an aromatic ring is 2. The molecule has 1 aromatic rings. The molecule has 0 unspecified atom stereocenters. The van der Waals surface area contributed by atoms with E-state index in [1.54, 1.807) is 18.4 Å². The third-order valence-electron chi connectivity index (χ3n) is 2.22. The Kier molecular flexibility index (Phi) is 3.63. The van der Waals surface area contributed by atoms with Crippen LogP contribution in [0.2, 0.25) is 0 Å². The van der Waals surface area contributed by atoms with Crippen LogP contribution in [0.25, 0.3) is 0 Å². The molecule has 82 valence electrons. The number of thioether (sulfide) groups is 1. The Morgan fingerprint density at radius 3 is 2.40 bits per heavy atom. The smallest absolute Gasteiger partial charge is 0.219 e. The zero-order chi connectivity index (χ0) is 11.6. The summed E-state index contributed by atoms with van der Waals surface area (Å²) in [6.45, 7) is 4.03. The van der Waals surface area contributed by atoms with Crippen molar-refractivity contribution in [2.75, 3.05) is 17.7 Å². The van der Waals surface area contributed by atoms with E-state index in [2.05, 4.69) is 0 Å². The molecule has 0 fully saturated rings. The molecule has 0 aliphatic carbocycles. The number of carbonyl (C=O) groups is 1. The first-order valence-electron chi connectivity index (χ1n) is 4.74. The van der Waals surface area contributed by atoms with Gasteiger partial charge in [-0.05, 0) is 29.9 Å². The number of hydrogen-bond donors (Lipinski definition) is 2. The Hall–Kier alpha value is -1.16. The van der Waals surface area contributed by atoms with Crippen molar-refractivity contribution < 1.29 is 4.79 Å². The Morgan fingerprint density at radius 1 is 1.33 bits per heavy atom. The second-order valence-corrected chi connectivity index (χ2v) is 4.50. The molecule has 0 aromatic heterocycles. The van der Waals surface area contributed by atoms with Gasteiger partial charge in [0, 0.05) is 16.9 Å². The van der Waals surface area contributed by atoms with E-state index >= 15 is 0 Å². The molecular weight excluding hydrogens is 208 g/mol. The molecule has 1 aromatic carbocycles. The molecule has 0 saturated heterocycles. The highest BCUT2D eigenvalue weighted by atomic mass is 32.2. The number of benzene rings is 1. The van der Waals surface area contributed by atoms with Gasteiger partial charge in [-0.2, -0.15) is 0 Å². The molecule has 0 saturated carbocycles. The van der Waals surface area contributed by atoms with Gasteiger partial charge in [-0.15, -0.1) is 0 Å². The predicted molar refractivity (Wildman–Crippen MR) is 67.2 cm³/mol. The molecule has 4 heteroatoms. The molecule has 0 bridgehead atoms. The van der Waals surface area contributed by atoms with Crippen molar-refractivity contribution in [3.05, 3.63) is 23.3 Å². The molecule has 0 aliphatic heterocycles. The standard InChI is InChI=1S/C11H16N2OS/c1-6(2)10-8(11(14)15-3)4-7(12)5-9(10)13/h4-6H,12-13H2,1-3H3. The average Bonchev–Trinajstić information content (AvgIpc) is 2.14. The molecule has 15 heavy (non-hydrogen) atoms. The van der Waals surface area contributed by atoms with Gasteiger partial charge < -0.3 is 11.5 Å². The summed E-state index contributed by atoms with van der Waals surface area (Å²) in [5.74, 6) is 0.219. The maximum absolute atomic E-state index is 11.7. The number of nitrogens with two attached hydrogens (primary N) is 2. The van der Waals surface area contributed by atoms with Crippen LogP contribution >= 0.6 is 11.8 Å². The Morgan fingerprint density at radius 2 is 1.93 bits per heavy atom. The highest BCUT2D eigenvalue weighted by molar-refractivity contribution is 8.13. The van der Waals surface area contributed by atoms with Crippen LogP contribution < -0.4 is 11.5 Å². The second kappa shape index (κ2) is 4.57. The van der Waals surface area contributed by atoms with Crippen molar-refractivity contribution in [1.82, 2.24) is 0 Å². The van der Waals surface area contributed by atoms with Gasteiger partial charge in [0.15, 0.2) is 0 Å². The van der Waals surface area contributed by atoms with Crippen LogP contribution in [0, 0.1) is 0 Å². The van der Waals surface area contributed by atoms with Crippen LogP contribution in [0.5, 0.6) is 0 Å². The van der Waals surface area contributed by atoms with Crippen LogP contribution in [0.4, 0.5) is 11.4 Å². The monoisotopic (exact) mass is 224 g/mol. The van der Waals surface area contributed by atoms with E-state index in [1.165, 1.54) is 11.8 Å². The van der Waals surface area contributed by atoms with E-state index in [0.29, 0.717) is 16.9 Å². The zero-order valence-corrected chi connectivity index (χ0v) is 10.0. The lowest BCUT2D eigenvalue weighted by Crippen LogP contribution is -2.07. The fraction of sp³-hybridized carbons (Fsp3) is 0.364. The first kappa shape index (κ1) is 11.9. The summed E-state index contributed by atoms with van der Waals surface area (Å²) in [6, 6.07) is 3.40. The van der Waals surface area contributed by atoms with E-state index in [4.69, 9.17) is 11.5 Å². The van der Waals surface area contributed by atoms with Gasteiger partial charge in [0.05, 0.1) is 0 Å². The largest absolute Gasteiger partial charge is 0.399 e. The summed E-state index contributed by atoms with van der Waals surface area (Å²) in [5.41, 5.74) is 14.2. The van der Waals surface area contributed by atoms with Crippen molar-refractivity contribution in [3.8, 4) is 0 Å². The highest BCUT2D eigenvalue weighted by Crippen LogP contribution is 2.30. The van der Waals surface area contributed by atoms with E-state index in [1.807, 2.05) is 13.8 Å². The zero-order valence-electron chi connectivity index (χ0n) is 9.20. The summed E-state index contributed by atoms with van der Waals surface area (Å²) < 4.78 is 0. The third kappa shape index (κ3) is 2.45. The minimum absolute atomic E-state index is 0.0118. The van der Waals surface area contributed by atoms with E-state index < -0.39 is 0 Å². The summed E-state index contributed by atoms with van der Waals surface area (Å²) in [7, 11) is 0. The van der Waals surface area contributed by atoms with Crippen molar-refractivity contribution in [2.24, 2.45) is 0 Å². The molecule has 0 spiro atoms. The lowest BCUT2D eigenvalue weighted by atomic mass is 9.95. The van der Waals surface area contributed by atoms with Gasteiger partial charge in [-0.25, -0.2) is 0 Å². The van der Waals surface area contributed by atoms with Crippen molar-refractivity contribution in [2.45, 2.75) is 19.8 Å². The average molecular weight is 224 g/mol. The minimum atomic E-state index is 0.0118. The van der Waals surface area contributed by atoms with Gasteiger partial charge in [0.2, 0.25) is 5.12 Å². The molecule has 0 aliphatic rings. The lowest BCUT2D eigenvalue weighted by Gasteiger charge is -2.15. The number of rotatable bonds is 2. The molecular formula is C11H16N2OS. The minimum Gasteiger partial charge on any atom is -0.399 e. The molecule has 0 radical (unpaired) electrons. The first-order chi connectivity index (χ1) is 6.97. The lowest BCUT2D eigenvalue weighted by molar-refractivity contribution is 0.108. The molecule has 0 heterocycles. The number of anilines is 2. The molecule has 3 nitrogen and oxygen atoms in total. The Balaban J connectivity index is 3.40. The van der Waals surface area contributed by atoms with Gasteiger partial charge >= 0.3 is 0 Å². The summed E-state index contributed by atoms with van der Waals surface area (Å²) in [6.07, 6.45) is 1.76. The van der Waals surface area contributed by atoms with Crippen molar-refractivity contribution in [3.63, 3.8) is 0 Å². The van der Waals surface area contributed by atoms with Crippen LogP contribution in [0.1, 0.15) is 35.7 Å². The second-order valence-electron chi connectivity index (χ2n) is 3.72. The van der Waals surface area contributed by atoms with E-state index in [0.717, 1.165) is 5.56 Å². The van der Waals surface area contributed by atoms with Crippen LogP contribution in [0.3, 0.4) is 0 Å². The Bertz CT molecular complexity index is 388. The topological polar surface area (TPSA) is 69.1 Å². The molecule has 0 atom stereocenters. The quantitative estimate of drug-likeness (QED) is 0.757. The summed E-state index contributed by atoms with van der Waals surface area (Å²) in [5, 5.41) is 0.0118. The fourth-order valence-corrected chi connectivity index (χ4v) is 2.01. The molecule has 0 amide bonds. The van der Waals surface area contributed by atoms with E-state index in [9.17, 15) is 4.79 Å². The predicted octanol–water partition coefficient (Wildman–Crippen LogP) is 2.48. The normalized spacial score (nSPS) is 10.7. The number of carbonyl (C=O) groups excluding carboxylic acids is 1. The molecule has 4 N–H and O–H groups in total. The van der Waals surface area contributed by atoms with Crippen LogP contribution in [-0.2, 0) is 0 Å². The van der Waals surface area contributed by atoms with Crippen molar-refractivity contribution in [1.29, 1.82) is 0 Å². The van der Waals surface area contributed by atoms with Crippen LogP contribution in [-0.4, -0.2) is 11.4 Å². The maximum Gasteiger partial charge on any atom is 0.219 e. The molecule has 1 rings (SSSR count). The number of hydrogen-bond acceptors (Lipinski definition) is 4. The third-order valence-corrected chi connectivity index (χ3v) is 2.81. The van der Waals surface area contributed by atoms with Crippen molar-refractivity contribution >= 4 is 28.3 Å². The first-order valence-corrected chi connectivity index (χ1v) is 5.97. The van der Waals surface area contributed by atoms with E-state index in [-0.39, 0.29) is 11.0 Å². The summed E-state index contributed by atoms with van der Waals surface area (Å²) >= 11 is 1.18. The van der Waals surface area contributed by atoms with Gasteiger partial charge in [0.1, 0.15) is 0 Å². The SMILES string of the molecule is CSC(=O)c1cc(N)cc(N)c1C(C)C. The Labute approximate surface area is 94.2 Å². The highest BCUT2D eigenvalue weighted by Gasteiger charge is 2.16. The maximum atomic E-state index is 11.7. The van der Waals surface area contributed by atoms with Gasteiger partial charge in [0.25, 0.3) is 0 Å². The fourth-order valence-electron chi connectivity index (χ4n) is 1.62. The van der Waals surface area contributed by atoms with Gasteiger partial charge in [-0.3, -0.25) is 4.79 Å². The summed E-state index contributed by atoms with van der Waals surface area (Å²) in [4.78, 5) is 11.7. The van der Waals surface area contributed by atoms with Gasteiger partial charge in [-0.1, -0.05) is 25.6 Å².